The quantitative estimate of drug-likeness (QED) is 0.787. The number of hydrogen-bond donors (Lipinski definition) is 2. The van der Waals surface area contributed by atoms with Crippen LogP contribution in [-0.4, -0.2) is 8.42 Å². The number of rotatable bonds is 4. The van der Waals surface area contributed by atoms with Crippen LogP contribution in [0.3, 0.4) is 0 Å². The van der Waals surface area contributed by atoms with E-state index >= 15 is 0 Å². The molecule has 0 aromatic heterocycles. The molecule has 0 aliphatic rings. The molecule has 0 fully saturated rings. The minimum atomic E-state index is -3.51. The van der Waals surface area contributed by atoms with Crippen molar-refractivity contribution in [2.75, 3.05) is 0 Å². The largest absolute Gasteiger partial charge is 0.326 e. The van der Waals surface area contributed by atoms with Crippen molar-refractivity contribution in [3.8, 4) is 0 Å². The van der Waals surface area contributed by atoms with E-state index in [0.717, 1.165) is 11.1 Å². The van der Waals surface area contributed by atoms with Gasteiger partial charge in [0.05, 0.1) is 5.75 Å². The Morgan fingerprint density at radius 3 is 2.53 bits per heavy atom. The molecule has 0 aliphatic heterocycles. The second-order valence-corrected chi connectivity index (χ2v) is 4.86. The Kier molecular flexibility index (Phi) is 3.62. The first-order valence-electron chi connectivity index (χ1n) is 4.41. The van der Waals surface area contributed by atoms with Gasteiger partial charge in [0.25, 0.3) is 0 Å². The molecular weight excluding hydrogens is 212 g/mol. The standard InChI is InChI=1S/C10H14N2O2S/c1-2-9-5-8(6-11)3-4-10(9)7-15(12,13)14/h2-5H,1,6-7,11H2,(H2,12,13,14). The highest BCUT2D eigenvalue weighted by molar-refractivity contribution is 7.88. The molecule has 0 aliphatic carbocycles. The molecule has 0 unspecified atom stereocenters. The summed E-state index contributed by atoms with van der Waals surface area (Å²) < 4.78 is 21.9. The number of hydrogen-bond acceptors (Lipinski definition) is 3. The van der Waals surface area contributed by atoms with Crippen LogP contribution < -0.4 is 10.9 Å². The van der Waals surface area contributed by atoms with Crippen LogP contribution in [0, 0.1) is 0 Å². The third-order valence-electron chi connectivity index (χ3n) is 2.02. The first-order valence-corrected chi connectivity index (χ1v) is 6.12. The minimum absolute atomic E-state index is 0.181. The van der Waals surface area contributed by atoms with Crippen LogP contribution in [0.2, 0.25) is 0 Å². The van der Waals surface area contributed by atoms with Gasteiger partial charge in [-0.1, -0.05) is 30.9 Å². The lowest BCUT2D eigenvalue weighted by atomic mass is 10.1. The molecular formula is C10H14N2O2S. The molecule has 4 N–H and O–H groups in total. The van der Waals surface area contributed by atoms with E-state index in [1.165, 1.54) is 0 Å². The summed E-state index contributed by atoms with van der Waals surface area (Å²) in [6.45, 7) is 4.03. The van der Waals surface area contributed by atoms with Gasteiger partial charge in [0.15, 0.2) is 0 Å². The Bertz CT molecular complexity index is 466. The number of primary sulfonamides is 1. The van der Waals surface area contributed by atoms with E-state index in [9.17, 15) is 8.42 Å². The molecule has 0 atom stereocenters. The zero-order valence-corrected chi connectivity index (χ0v) is 9.13. The van der Waals surface area contributed by atoms with Gasteiger partial charge in [-0.05, 0) is 16.7 Å². The van der Waals surface area contributed by atoms with Gasteiger partial charge >= 0.3 is 0 Å². The van der Waals surface area contributed by atoms with Crippen LogP contribution in [0.25, 0.3) is 6.08 Å². The van der Waals surface area contributed by atoms with Crippen molar-refractivity contribution >= 4 is 16.1 Å². The van der Waals surface area contributed by atoms with Gasteiger partial charge in [0, 0.05) is 6.54 Å². The van der Waals surface area contributed by atoms with Crippen LogP contribution >= 0.6 is 0 Å². The fourth-order valence-corrected chi connectivity index (χ4v) is 2.01. The second-order valence-electron chi connectivity index (χ2n) is 3.25. The maximum Gasteiger partial charge on any atom is 0.213 e. The van der Waals surface area contributed by atoms with E-state index in [-0.39, 0.29) is 5.75 Å². The molecule has 15 heavy (non-hydrogen) atoms. The summed E-state index contributed by atoms with van der Waals surface area (Å²) in [7, 11) is -3.51. The summed E-state index contributed by atoms with van der Waals surface area (Å²) in [5, 5.41) is 4.97. The summed E-state index contributed by atoms with van der Waals surface area (Å²) in [4.78, 5) is 0. The smallest absolute Gasteiger partial charge is 0.213 e. The Morgan fingerprint density at radius 1 is 1.40 bits per heavy atom. The molecule has 0 heterocycles. The summed E-state index contributed by atoms with van der Waals surface area (Å²) in [5.41, 5.74) is 7.81. The maximum absolute atomic E-state index is 10.9. The van der Waals surface area contributed by atoms with E-state index in [0.29, 0.717) is 12.1 Å². The zero-order chi connectivity index (χ0) is 11.5. The van der Waals surface area contributed by atoms with E-state index in [1.807, 2.05) is 6.07 Å². The summed E-state index contributed by atoms with van der Waals surface area (Å²) in [6.07, 6.45) is 1.60. The summed E-state index contributed by atoms with van der Waals surface area (Å²) >= 11 is 0. The number of nitrogens with two attached hydrogens (primary N) is 2. The van der Waals surface area contributed by atoms with Crippen molar-refractivity contribution in [3.05, 3.63) is 41.5 Å². The van der Waals surface area contributed by atoms with Crippen LogP contribution in [0.1, 0.15) is 16.7 Å². The molecule has 4 nitrogen and oxygen atoms in total. The predicted octanol–water partition coefficient (Wildman–Crippen LogP) is 0.577. The molecule has 0 spiro atoms. The average Bonchev–Trinajstić information content (AvgIpc) is 2.16. The van der Waals surface area contributed by atoms with Gasteiger partial charge in [-0.15, -0.1) is 0 Å². The van der Waals surface area contributed by atoms with Gasteiger partial charge in [-0.3, -0.25) is 0 Å². The lowest BCUT2D eigenvalue weighted by Gasteiger charge is -2.06. The Morgan fingerprint density at radius 2 is 2.07 bits per heavy atom. The van der Waals surface area contributed by atoms with E-state index in [2.05, 4.69) is 6.58 Å². The lowest BCUT2D eigenvalue weighted by molar-refractivity contribution is 0.597. The van der Waals surface area contributed by atoms with Gasteiger partial charge in [0.1, 0.15) is 0 Å². The second kappa shape index (κ2) is 4.57. The van der Waals surface area contributed by atoms with E-state index in [1.54, 1.807) is 18.2 Å². The van der Waals surface area contributed by atoms with Gasteiger partial charge in [0.2, 0.25) is 10.0 Å². The molecule has 5 heteroatoms. The van der Waals surface area contributed by atoms with E-state index in [4.69, 9.17) is 10.9 Å². The third-order valence-corrected chi connectivity index (χ3v) is 2.74. The Balaban J connectivity index is 3.14. The first-order chi connectivity index (χ1) is 6.96. The zero-order valence-electron chi connectivity index (χ0n) is 8.31. The number of sulfonamides is 1. The van der Waals surface area contributed by atoms with Crippen LogP contribution in [-0.2, 0) is 22.3 Å². The number of benzene rings is 1. The Hall–Kier alpha value is -1.17. The van der Waals surface area contributed by atoms with Crippen molar-refractivity contribution in [1.82, 2.24) is 0 Å². The molecule has 0 amide bonds. The molecule has 1 rings (SSSR count). The summed E-state index contributed by atoms with van der Waals surface area (Å²) in [5.74, 6) is -0.181. The van der Waals surface area contributed by atoms with Crippen LogP contribution in [0.4, 0.5) is 0 Å². The van der Waals surface area contributed by atoms with Gasteiger partial charge in [-0.25, -0.2) is 13.6 Å². The normalized spacial score (nSPS) is 11.3. The third kappa shape index (κ3) is 3.47. The van der Waals surface area contributed by atoms with Crippen molar-refractivity contribution in [2.45, 2.75) is 12.3 Å². The average molecular weight is 226 g/mol. The predicted molar refractivity (Wildman–Crippen MR) is 61.2 cm³/mol. The highest BCUT2D eigenvalue weighted by Crippen LogP contribution is 2.15. The molecule has 1 aromatic rings. The van der Waals surface area contributed by atoms with E-state index < -0.39 is 10.0 Å². The fourth-order valence-electron chi connectivity index (χ4n) is 1.31. The SMILES string of the molecule is C=Cc1cc(CN)ccc1CS(N)(=O)=O. The Labute approximate surface area is 89.6 Å². The minimum Gasteiger partial charge on any atom is -0.326 e. The molecule has 1 aromatic carbocycles. The highest BCUT2D eigenvalue weighted by atomic mass is 32.2. The monoisotopic (exact) mass is 226 g/mol. The van der Waals surface area contributed by atoms with Crippen LogP contribution in [0.15, 0.2) is 24.8 Å². The highest BCUT2D eigenvalue weighted by Gasteiger charge is 2.08. The van der Waals surface area contributed by atoms with Gasteiger partial charge < -0.3 is 5.73 Å². The van der Waals surface area contributed by atoms with Crippen molar-refractivity contribution in [1.29, 1.82) is 0 Å². The van der Waals surface area contributed by atoms with Crippen molar-refractivity contribution < 1.29 is 8.42 Å². The van der Waals surface area contributed by atoms with Crippen LogP contribution in [0.5, 0.6) is 0 Å². The maximum atomic E-state index is 10.9. The molecule has 0 saturated heterocycles. The summed E-state index contributed by atoms with van der Waals surface area (Å²) in [6, 6.07) is 5.31. The molecule has 0 bridgehead atoms. The van der Waals surface area contributed by atoms with Gasteiger partial charge in [-0.2, -0.15) is 0 Å². The van der Waals surface area contributed by atoms with Crippen molar-refractivity contribution in [3.63, 3.8) is 0 Å². The molecule has 82 valence electrons. The fraction of sp³-hybridized carbons (Fsp3) is 0.200. The lowest BCUT2D eigenvalue weighted by Crippen LogP contribution is -2.15. The molecule has 0 saturated carbocycles. The first kappa shape index (κ1) is 11.9. The van der Waals surface area contributed by atoms with Crippen molar-refractivity contribution in [2.24, 2.45) is 10.9 Å². The topological polar surface area (TPSA) is 86.2 Å². The molecule has 0 radical (unpaired) electrons.